The normalized spacial score (nSPS) is 25.0. The van der Waals surface area contributed by atoms with Gasteiger partial charge in [-0.05, 0) is 68.1 Å². The Balaban J connectivity index is 1.87. The maximum Gasteiger partial charge on any atom is 0.194 e. The summed E-state index contributed by atoms with van der Waals surface area (Å²) in [5.74, 6) is -2.70. The summed E-state index contributed by atoms with van der Waals surface area (Å²) in [6.45, 7) is 2.13. The van der Waals surface area contributed by atoms with Gasteiger partial charge in [-0.3, -0.25) is 0 Å². The highest BCUT2D eigenvalue weighted by atomic mass is 79.9. The summed E-state index contributed by atoms with van der Waals surface area (Å²) >= 11 is 7.25. The van der Waals surface area contributed by atoms with Crippen molar-refractivity contribution >= 4 is 31.9 Å². The summed E-state index contributed by atoms with van der Waals surface area (Å²) < 4.78 is 39.7. The first kappa shape index (κ1) is 18.3. The monoisotopic (exact) mass is 440 g/mol. The standard InChI is InChI=1S/C17H21Br2F3/c1-10(18)14(19)7-4-11-2-5-12(6-3-11)13-8-15(20)17(22)16(21)9-13/h8-12,14H,2-7H2,1H3. The van der Waals surface area contributed by atoms with Crippen molar-refractivity contribution in [1.29, 1.82) is 0 Å². The molecule has 2 rings (SSSR count). The van der Waals surface area contributed by atoms with Crippen LogP contribution in [-0.2, 0) is 0 Å². The largest absolute Gasteiger partial charge is 0.204 e. The van der Waals surface area contributed by atoms with Crippen molar-refractivity contribution < 1.29 is 13.2 Å². The van der Waals surface area contributed by atoms with Crippen LogP contribution in [0.15, 0.2) is 12.1 Å². The Morgan fingerprint density at radius 2 is 1.59 bits per heavy atom. The molecule has 2 unspecified atom stereocenters. The van der Waals surface area contributed by atoms with E-state index in [9.17, 15) is 13.2 Å². The second-order valence-electron chi connectivity index (χ2n) is 6.29. The van der Waals surface area contributed by atoms with Crippen LogP contribution in [0.5, 0.6) is 0 Å². The summed E-state index contributed by atoms with van der Waals surface area (Å²) in [6, 6.07) is 2.31. The molecule has 0 bridgehead atoms. The van der Waals surface area contributed by atoms with E-state index in [-0.39, 0.29) is 5.92 Å². The fourth-order valence-electron chi connectivity index (χ4n) is 3.22. The van der Waals surface area contributed by atoms with Gasteiger partial charge in [0.15, 0.2) is 17.5 Å². The summed E-state index contributed by atoms with van der Waals surface area (Å²) in [4.78, 5) is 0.930. The summed E-state index contributed by atoms with van der Waals surface area (Å²) in [7, 11) is 0. The summed E-state index contributed by atoms with van der Waals surface area (Å²) in [5.41, 5.74) is 0.599. The minimum absolute atomic E-state index is 0.149. The highest BCUT2D eigenvalue weighted by molar-refractivity contribution is 9.12. The summed E-state index contributed by atoms with van der Waals surface area (Å²) in [6.07, 6.45) is 6.29. The van der Waals surface area contributed by atoms with E-state index in [0.29, 0.717) is 21.1 Å². The second kappa shape index (κ2) is 8.18. The number of hydrogen-bond donors (Lipinski definition) is 0. The molecule has 0 aromatic heterocycles. The van der Waals surface area contributed by atoms with Crippen LogP contribution in [0.3, 0.4) is 0 Å². The van der Waals surface area contributed by atoms with Gasteiger partial charge in [0.2, 0.25) is 0 Å². The minimum Gasteiger partial charge on any atom is -0.204 e. The van der Waals surface area contributed by atoms with Gasteiger partial charge in [-0.15, -0.1) is 0 Å². The van der Waals surface area contributed by atoms with Crippen molar-refractivity contribution in [2.45, 2.75) is 61.0 Å². The van der Waals surface area contributed by atoms with Gasteiger partial charge in [0.1, 0.15) is 0 Å². The molecule has 0 amide bonds. The van der Waals surface area contributed by atoms with Crippen LogP contribution < -0.4 is 0 Å². The molecule has 5 heteroatoms. The van der Waals surface area contributed by atoms with Crippen LogP contribution in [0.25, 0.3) is 0 Å². The Hall–Kier alpha value is -0.0300. The SMILES string of the molecule is CC(Br)C(Br)CCC1CCC(c2cc(F)c(F)c(F)c2)CC1. The highest BCUT2D eigenvalue weighted by Gasteiger charge is 2.25. The smallest absolute Gasteiger partial charge is 0.194 e. The molecular weight excluding hydrogens is 421 g/mol. The van der Waals surface area contributed by atoms with Crippen LogP contribution >= 0.6 is 31.9 Å². The van der Waals surface area contributed by atoms with Crippen LogP contribution in [0.2, 0.25) is 0 Å². The molecular formula is C17H21Br2F3. The van der Waals surface area contributed by atoms with Crippen LogP contribution in [0.1, 0.15) is 56.9 Å². The molecule has 124 valence electrons. The van der Waals surface area contributed by atoms with Crippen LogP contribution in [0, 0.1) is 23.4 Å². The van der Waals surface area contributed by atoms with Gasteiger partial charge in [0.05, 0.1) is 0 Å². The molecule has 0 spiro atoms. The van der Waals surface area contributed by atoms with Gasteiger partial charge in [0, 0.05) is 9.65 Å². The molecule has 1 fully saturated rings. The van der Waals surface area contributed by atoms with Gasteiger partial charge in [-0.25, -0.2) is 13.2 Å². The molecule has 1 aliphatic rings. The average molecular weight is 442 g/mol. The minimum atomic E-state index is -1.37. The number of halogens is 5. The Morgan fingerprint density at radius 3 is 2.09 bits per heavy atom. The van der Waals surface area contributed by atoms with Crippen molar-refractivity contribution in [2.75, 3.05) is 0 Å². The third kappa shape index (κ3) is 4.73. The number of hydrogen-bond acceptors (Lipinski definition) is 0. The predicted octanol–water partition coefficient (Wildman–Crippen LogP) is 6.70. The Morgan fingerprint density at radius 1 is 1.05 bits per heavy atom. The van der Waals surface area contributed by atoms with Crippen molar-refractivity contribution in [3.8, 4) is 0 Å². The third-order valence-electron chi connectivity index (χ3n) is 4.67. The van der Waals surface area contributed by atoms with Gasteiger partial charge in [-0.2, -0.15) is 0 Å². The molecule has 0 aliphatic heterocycles. The molecule has 2 atom stereocenters. The number of rotatable bonds is 5. The molecule has 22 heavy (non-hydrogen) atoms. The molecule has 1 aromatic carbocycles. The Bertz CT molecular complexity index is 474. The molecule has 0 saturated heterocycles. The summed E-state index contributed by atoms with van der Waals surface area (Å²) in [5, 5.41) is 0. The molecule has 0 nitrogen and oxygen atoms in total. The van der Waals surface area contributed by atoms with E-state index < -0.39 is 17.5 Å². The molecule has 0 heterocycles. The average Bonchev–Trinajstić information content (AvgIpc) is 2.50. The van der Waals surface area contributed by atoms with Crippen LogP contribution in [0.4, 0.5) is 13.2 Å². The van der Waals surface area contributed by atoms with Crippen molar-refractivity contribution in [3.63, 3.8) is 0 Å². The maximum atomic E-state index is 13.3. The lowest BCUT2D eigenvalue weighted by Gasteiger charge is -2.29. The zero-order chi connectivity index (χ0) is 16.3. The zero-order valence-corrected chi connectivity index (χ0v) is 15.8. The molecule has 1 saturated carbocycles. The van der Waals surface area contributed by atoms with E-state index in [2.05, 4.69) is 38.8 Å². The van der Waals surface area contributed by atoms with E-state index in [0.717, 1.165) is 44.2 Å². The molecule has 1 aromatic rings. The van der Waals surface area contributed by atoms with Crippen molar-refractivity contribution in [3.05, 3.63) is 35.1 Å². The fraction of sp³-hybridized carbons (Fsp3) is 0.647. The third-order valence-corrected chi connectivity index (χ3v) is 7.27. The van der Waals surface area contributed by atoms with E-state index in [1.807, 2.05) is 0 Å². The zero-order valence-electron chi connectivity index (χ0n) is 12.6. The second-order valence-corrected chi connectivity index (χ2v) is 8.91. The van der Waals surface area contributed by atoms with E-state index >= 15 is 0 Å². The van der Waals surface area contributed by atoms with E-state index in [1.54, 1.807) is 0 Å². The van der Waals surface area contributed by atoms with Gasteiger partial charge < -0.3 is 0 Å². The quantitative estimate of drug-likeness (QED) is 0.352. The van der Waals surface area contributed by atoms with Gasteiger partial charge >= 0.3 is 0 Å². The predicted molar refractivity (Wildman–Crippen MR) is 91.4 cm³/mol. The molecule has 0 N–H and O–H groups in total. The number of alkyl halides is 2. The van der Waals surface area contributed by atoms with Crippen molar-refractivity contribution in [2.24, 2.45) is 5.92 Å². The first-order valence-corrected chi connectivity index (χ1v) is 9.64. The van der Waals surface area contributed by atoms with E-state index in [1.165, 1.54) is 6.42 Å². The number of benzene rings is 1. The highest BCUT2D eigenvalue weighted by Crippen LogP contribution is 2.39. The first-order chi connectivity index (χ1) is 10.4. The van der Waals surface area contributed by atoms with Gasteiger partial charge in [-0.1, -0.05) is 38.8 Å². The van der Waals surface area contributed by atoms with Gasteiger partial charge in [0.25, 0.3) is 0 Å². The fourth-order valence-corrected chi connectivity index (χ4v) is 3.75. The van der Waals surface area contributed by atoms with Crippen molar-refractivity contribution in [1.82, 2.24) is 0 Å². The molecule has 1 aliphatic carbocycles. The first-order valence-electron chi connectivity index (χ1n) is 7.81. The Kier molecular flexibility index (Phi) is 6.81. The lowest BCUT2D eigenvalue weighted by atomic mass is 9.77. The van der Waals surface area contributed by atoms with Crippen LogP contribution in [-0.4, -0.2) is 9.65 Å². The Labute approximate surface area is 147 Å². The van der Waals surface area contributed by atoms with E-state index in [4.69, 9.17) is 0 Å². The lowest BCUT2D eigenvalue weighted by molar-refractivity contribution is 0.303. The molecule has 0 radical (unpaired) electrons. The lowest BCUT2D eigenvalue weighted by Crippen LogP contribution is -2.17. The topological polar surface area (TPSA) is 0 Å². The maximum absolute atomic E-state index is 13.3.